The zero-order valence-electron chi connectivity index (χ0n) is 8.61. The second-order valence-corrected chi connectivity index (χ2v) is 5.03. The molecule has 0 unspecified atom stereocenters. The molecule has 0 atom stereocenters. The van der Waals surface area contributed by atoms with Gasteiger partial charge in [-0.2, -0.15) is 0 Å². The summed E-state index contributed by atoms with van der Waals surface area (Å²) in [6, 6.07) is 5.93. The summed E-state index contributed by atoms with van der Waals surface area (Å²) in [4.78, 5) is 4.50. The monoisotopic (exact) mass is 240 g/mol. The van der Waals surface area contributed by atoms with Crippen LogP contribution in [-0.2, 0) is 0 Å². The second-order valence-electron chi connectivity index (χ2n) is 2.89. The minimum Gasteiger partial charge on any atom is -0.495 e. The number of nitrogens with zero attached hydrogens (tertiary/aromatic N) is 1. The van der Waals surface area contributed by atoms with Crippen LogP contribution in [0, 0.1) is 0 Å². The molecule has 2 aromatic rings. The van der Waals surface area contributed by atoms with E-state index < -0.39 is 0 Å². The molecule has 0 bridgehead atoms. The van der Waals surface area contributed by atoms with Gasteiger partial charge in [0.1, 0.15) is 5.75 Å². The first-order valence-corrected chi connectivity index (χ1v) is 6.31. The lowest BCUT2D eigenvalue weighted by Gasteiger charge is -1.97. The molecule has 0 saturated carbocycles. The second kappa shape index (κ2) is 4.83. The maximum atomic E-state index is 5.29. The van der Waals surface area contributed by atoms with Crippen molar-refractivity contribution >= 4 is 33.5 Å². The number of fused-ring (bicyclic) bond motifs is 1. The molecule has 1 N–H and O–H groups in total. The summed E-state index contributed by atoms with van der Waals surface area (Å²) in [5, 5.41) is 0. The van der Waals surface area contributed by atoms with Gasteiger partial charge in [-0.3, -0.25) is 4.72 Å². The summed E-state index contributed by atoms with van der Waals surface area (Å²) in [6.07, 6.45) is 0. The maximum absolute atomic E-state index is 5.29. The van der Waals surface area contributed by atoms with Crippen LogP contribution in [0.3, 0.4) is 0 Å². The van der Waals surface area contributed by atoms with Crippen molar-refractivity contribution in [3.63, 3.8) is 0 Å². The molecule has 0 aliphatic heterocycles. The Labute approximate surface area is 97.0 Å². The van der Waals surface area contributed by atoms with Crippen LogP contribution in [0.2, 0.25) is 0 Å². The number of rotatable bonds is 4. The zero-order chi connectivity index (χ0) is 10.7. The third kappa shape index (κ3) is 2.25. The van der Waals surface area contributed by atoms with Gasteiger partial charge in [0.2, 0.25) is 0 Å². The Bertz CT molecular complexity index is 456. The van der Waals surface area contributed by atoms with Gasteiger partial charge in [-0.05, 0) is 24.1 Å². The van der Waals surface area contributed by atoms with Crippen LogP contribution in [0.15, 0.2) is 22.5 Å². The van der Waals surface area contributed by atoms with Crippen LogP contribution in [0.5, 0.6) is 5.75 Å². The van der Waals surface area contributed by atoms with Gasteiger partial charge in [0.15, 0.2) is 4.34 Å². The van der Waals surface area contributed by atoms with Gasteiger partial charge >= 0.3 is 0 Å². The van der Waals surface area contributed by atoms with E-state index in [0.717, 1.165) is 26.9 Å². The first-order chi connectivity index (χ1) is 7.35. The molecule has 1 heterocycles. The molecule has 0 aliphatic rings. The van der Waals surface area contributed by atoms with E-state index in [1.807, 2.05) is 18.2 Å². The average molecular weight is 240 g/mol. The van der Waals surface area contributed by atoms with Gasteiger partial charge in [-0.1, -0.05) is 13.0 Å². The number of methoxy groups -OCH3 is 1. The van der Waals surface area contributed by atoms with Gasteiger partial charge in [0, 0.05) is 6.54 Å². The van der Waals surface area contributed by atoms with E-state index in [0.29, 0.717) is 0 Å². The highest BCUT2D eigenvalue weighted by atomic mass is 32.2. The predicted molar refractivity (Wildman–Crippen MR) is 65.7 cm³/mol. The highest BCUT2D eigenvalue weighted by Crippen LogP contribution is 2.34. The van der Waals surface area contributed by atoms with Gasteiger partial charge in [0.25, 0.3) is 0 Å². The smallest absolute Gasteiger partial charge is 0.166 e. The van der Waals surface area contributed by atoms with Crippen molar-refractivity contribution in [2.75, 3.05) is 13.7 Å². The van der Waals surface area contributed by atoms with E-state index in [9.17, 15) is 0 Å². The molecule has 0 amide bonds. The van der Waals surface area contributed by atoms with Crippen molar-refractivity contribution in [1.82, 2.24) is 9.71 Å². The average Bonchev–Trinajstić information content (AvgIpc) is 2.68. The Morgan fingerprint density at radius 2 is 2.40 bits per heavy atom. The molecular weight excluding hydrogens is 228 g/mol. The molecular formula is C10H12N2OS2. The van der Waals surface area contributed by atoms with Crippen LogP contribution < -0.4 is 9.46 Å². The Hall–Kier alpha value is -0.780. The molecule has 0 fully saturated rings. The number of thiazole rings is 1. The molecule has 2 rings (SSSR count). The molecule has 0 spiro atoms. The van der Waals surface area contributed by atoms with Crippen molar-refractivity contribution in [3.05, 3.63) is 18.2 Å². The molecule has 80 valence electrons. The van der Waals surface area contributed by atoms with E-state index in [1.54, 1.807) is 30.4 Å². The van der Waals surface area contributed by atoms with Crippen LogP contribution >= 0.6 is 23.3 Å². The lowest BCUT2D eigenvalue weighted by atomic mass is 10.3. The lowest BCUT2D eigenvalue weighted by Crippen LogP contribution is -1.99. The highest BCUT2D eigenvalue weighted by Gasteiger charge is 2.07. The van der Waals surface area contributed by atoms with E-state index in [2.05, 4.69) is 16.6 Å². The summed E-state index contributed by atoms with van der Waals surface area (Å²) in [6.45, 7) is 3.00. The van der Waals surface area contributed by atoms with E-state index in [4.69, 9.17) is 4.74 Å². The standard InChI is InChI=1S/C10H12N2OS2/c1-3-11-15-10-12-7-5-4-6-8(13-2)9(7)14-10/h4-6,11H,3H2,1-2H3. The van der Waals surface area contributed by atoms with Crippen LogP contribution in [0.1, 0.15) is 6.92 Å². The minimum absolute atomic E-state index is 0.897. The van der Waals surface area contributed by atoms with Gasteiger partial charge in [-0.15, -0.1) is 11.3 Å². The lowest BCUT2D eigenvalue weighted by molar-refractivity contribution is 0.420. The Morgan fingerprint density at radius 3 is 3.13 bits per heavy atom. The highest BCUT2D eigenvalue weighted by molar-refractivity contribution is 7.99. The minimum atomic E-state index is 0.897. The van der Waals surface area contributed by atoms with Crippen LogP contribution in [-0.4, -0.2) is 18.6 Å². The molecule has 1 aromatic carbocycles. The van der Waals surface area contributed by atoms with E-state index in [-0.39, 0.29) is 0 Å². The fourth-order valence-corrected chi connectivity index (χ4v) is 3.04. The third-order valence-electron chi connectivity index (χ3n) is 1.88. The van der Waals surface area contributed by atoms with Crippen molar-refractivity contribution < 1.29 is 4.74 Å². The predicted octanol–water partition coefficient (Wildman–Crippen LogP) is 2.92. The number of aromatic nitrogens is 1. The fraction of sp³-hybridized carbons (Fsp3) is 0.300. The van der Waals surface area contributed by atoms with E-state index >= 15 is 0 Å². The summed E-state index contributed by atoms with van der Waals surface area (Å²) in [7, 11) is 1.69. The van der Waals surface area contributed by atoms with Gasteiger partial charge in [-0.25, -0.2) is 4.98 Å². The Kier molecular flexibility index (Phi) is 3.45. The largest absolute Gasteiger partial charge is 0.495 e. The number of nitrogens with one attached hydrogen (secondary N) is 1. The Morgan fingerprint density at radius 1 is 1.53 bits per heavy atom. The number of benzene rings is 1. The fourth-order valence-electron chi connectivity index (χ4n) is 1.24. The molecule has 0 aliphatic carbocycles. The summed E-state index contributed by atoms with van der Waals surface area (Å²) >= 11 is 3.22. The SMILES string of the molecule is CCNSc1nc2cccc(OC)c2s1. The summed E-state index contributed by atoms with van der Waals surface area (Å²) < 4.78 is 10.6. The first-order valence-electron chi connectivity index (χ1n) is 4.68. The molecule has 1 aromatic heterocycles. The number of hydrogen-bond acceptors (Lipinski definition) is 5. The topological polar surface area (TPSA) is 34.2 Å². The third-order valence-corrected chi connectivity index (χ3v) is 3.96. The maximum Gasteiger partial charge on any atom is 0.166 e. The van der Waals surface area contributed by atoms with Crippen LogP contribution in [0.25, 0.3) is 10.2 Å². The van der Waals surface area contributed by atoms with Crippen molar-refractivity contribution in [2.24, 2.45) is 0 Å². The van der Waals surface area contributed by atoms with Crippen molar-refractivity contribution in [1.29, 1.82) is 0 Å². The van der Waals surface area contributed by atoms with Crippen LogP contribution in [0.4, 0.5) is 0 Å². The van der Waals surface area contributed by atoms with Crippen molar-refractivity contribution in [2.45, 2.75) is 11.3 Å². The number of ether oxygens (including phenoxy) is 1. The molecule has 0 saturated heterocycles. The first kappa shape index (κ1) is 10.7. The summed E-state index contributed by atoms with van der Waals surface area (Å²) in [5.41, 5.74) is 1.000. The molecule has 5 heteroatoms. The number of hydrogen-bond donors (Lipinski definition) is 1. The Balaban J connectivity index is 2.37. The molecule has 15 heavy (non-hydrogen) atoms. The summed E-state index contributed by atoms with van der Waals surface area (Å²) in [5.74, 6) is 0.897. The van der Waals surface area contributed by atoms with Crippen molar-refractivity contribution in [3.8, 4) is 5.75 Å². The normalized spacial score (nSPS) is 10.8. The van der Waals surface area contributed by atoms with Gasteiger partial charge in [0.05, 0.1) is 17.3 Å². The van der Waals surface area contributed by atoms with Gasteiger partial charge < -0.3 is 4.74 Å². The molecule has 3 nitrogen and oxygen atoms in total. The quantitative estimate of drug-likeness (QED) is 0.833. The van der Waals surface area contributed by atoms with E-state index in [1.165, 1.54) is 0 Å². The zero-order valence-corrected chi connectivity index (χ0v) is 10.2. The molecule has 0 radical (unpaired) electrons.